The molecular formula is C35H31Cl2F3N6O4. The van der Waals surface area contributed by atoms with Crippen LogP contribution in [0.25, 0.3) is 10.4 Å². The number of rotatable bonds is 14. The maximum Gasteiger partial charge on any atom is 0.416 e. The van der Waals surface area contributed by atoms with E-state index in [2.05, 4.69) is 20.9 Å². The molecule has 3 N–H and O–H groups in total. The monoisotopic (exact) mass is 726 g/mol. The summed E-state index contributed by atoms with van der Waals surface area (Å²) >= 11 is 12.9. The first kappa shape index (κ1) is 36.5. The summed E-state index contributed by atoms with van der Waals surface area (Å²) in [7, 11) is 0. The molecule has 0 aliphatic carbocycles. The van der Waals surface area contributed by atoms with Gasteiger partial charge in [-0.3, -0.25) is 10.2 Å². The number of hydrogen-bond donors (Lipinski definition) is 3. The predicted molar refractivity (Wildman–Crippen MR) is 183 cm³/mol. The van der Waals surface area contributed by atoms with Crippen molar-refractivity contribution in [3.05, 3.63) is 145 Å². The smallest absolute Gasteiger partial charge is 0.416 e. The number of benzene rings is 4. The Morgan fingerprint density at radius 1 is 1.04 bits per heavy atom. The quantitative estimate of drug-likeness (QED) is 0.0398. The minimum Gasteiger partial charge on any atom is -0.494 e. The molecule has 1 amide bonds. The second kappa shape index (κ2) is 16.3. The highest BCUT2D eigenvalue weighted by Gasteiger charge is 2.54. The number of aliphatic imine (C=N–C) groups is 1. The fourth-order valence-corrected chi connectivity index (χ4v) is 5.96. The molecule has 10 nitrogen and oxygen atoms in total. The lowest BCUT2D eigenvalue weighted by Gasteiger charge is -2.32. The van der Waals surface area contributed by atoms with E-state index >= 15 is 0 Å². The third kappa shape index (κ3) is 8.68. The molecule has 0 radical (unpaired) electrons. The number of azide groups is 1. The molecule has 260 valence electrons. The third-order valence-corrected chi connectivity index (χ3v) is 8.47. The second-order valence-electron chi connectivity index (χ2n) is 11.3. The zero-order valence-corrected chi connectivity index (χ0v) is 27.8. The Labute approximate surface area is 295 Å². The first-order chi connectivity index (χ1) is 24.0. The van der Waals surface area contributed by atoms with Crippen molar-refractivity contribution in [1.82, 2.24) is 10.9 Å². The summed E-state index contributed by atoms with van der Waals surface area (Å²) in [5, 5.41) is 13.3. The van der Waals surface area contributed by atoms with Crippen molar-refractivity contribution in [2.75, 3.05) is 13.2 Å². The molecule has 1 aliphatic rings. The molecule has 1 aliphatic heterocycles. The number of hydrazine groups is 1. The Kier molecular flexibility index (Phi) is 11.9. The van der Waals surface area contributed by atoms with Crippen LogP contribution in [0.1, 0.15) is 45.9 Å². The number of halogens is 5. The molecule has 5 rings (SSSR count). The molecule has 0 spiro atoms. The highest BCUT2D eigenvalue weighted by molar-refractivity contribution is 6.35. The number of aliphatic hydroxyl groups is 1. The van der Waals surface area contributed by atoms with Crippen molar-refractivity contribution in [3.63, 3.8) is 0 Å². The fraction of sp³-hybridized carbons (Fsp3) is 0.257. The number of ether oxygens (including phenoxy) is 2. The normalized spacial score (nSPS) is 17.0. The minimum atomic E-state index is -4.53. The summed E-state index contributed by atoms with van der Waals surface area (Å²) < 4.78 is 52.2. The largest absolute Gasteiger partial charge is 0.494 e. The zero-order chi connectivity index (χ0) is 35.7. The average molecular weight is 728 g/mol. The number of carbonyl (C=O) groups excluding carboxylic acids is 1. The summed E-state index contributed by atoms with van der Waals surface area (Å²) in [6, 6.07) is 23.4. The first-order valence-electron chi connectivity index (χ1n) is 15.4. The van der Waals surface area contributed by atoms with Crippen molar-refractivity contribution in [1.29, 1.82) is 0 Å². The van der Waals surface area contributed by atoms with Crippen LogP contribution in [0, 0.1) is 0 Å². The molecule has 0 fully saturated rings. The SMILES string of the molecule is [N-]=[N+]=NCc1ccccc1C[C@]1(C(=O)NNCc2cccc(C(F)(F)F)c2)N=C(c2ccc(OCCCO)cc2)O[C@H]1c1ccc(Cl)cc1Cl. The van der Waals surface area contributed by atoms with E-state index < -0.39 is 29.3 Å². The number of nitrogens with zero attached hydrogens (tertiary/aromatic N) is 4. The van der Waals surface area contributed by atoms with E-state index in [9.17, 15) is 18.0 Å². The van der Waals surface area contributed by atoms with Crippen molar-refractivity contribution in [2.45, 2.75) is 43.8 Å². The summed E-state index contributed by atoms with van der Waals surface area (Å²) in [4.78, 5) is 22.3. The standard InChI is InChI=1S/C35H31Cl2F3N6O4/c36-27-11-14-29(30(37)18-27)31-34(19-24-6-1-2-7-25(24)21-43-46-41,33(48)45-42-20-22-5-3-8-26(17-22)35(38,39)40)44-32(50-31)23-9-12-28(13-10-23)49-16-4-15-47/h1-3,5-14,17-18,31,42,47H,4,15-16,19-21H2,(H,45,48)/t31-,34-/m0/s1. The van der Waals surface area contributed by atoms with E-state index in [4.69, 9.17) is 48.3 Å². The Morgan fingerprint density at radius 2 is 1.80 bits per heavy atom. The molecule has 50 heavy (non-hydrogen) atoms. The van der Waals surface area contributed by atoms with Crippen LogP contribution < -0.4 is 15.6 Å². The Bertz CT molecular complexity index is 1900. The van der Waals surface area contributed by atoms with Crippen LogP contribution in [-0.2, 0) is 35.2 Å². The van der Waals surface area contributed by atoms with E-state index in [0.717, 1.165) is 12.1 Å². The van der Waals surface area contributed by atoms with E-state index in [1.807, 2.05) is 0 Å². The summed E-state index contributed by atoms with van der Waals surface area (Å²) in [5.41, 5.74) is 14.3. The van der Waals surface area contributed by atoms with Gasteiger partial charge in [0.2, 0.25) is 5.90 Å². The lowest BCUT2D eigenvalue weighted by molar-refractivity contribution is -0.137. The van der Waals surface area contributed by atoms with Gasteiger partial charge >= 0.3 is 6.18 Å². The molecule has 0 bridgehead atoms. The maximum atomic E-state index is 14.5. The third-order valence-electron chi connectivity index (χ3n) is 7.91. The molecule has 0 saturated heterocycles. The van der Waals surface area contributed by atoms with Crippen LogP contribution in [0.3, 0.4) is 0 Å². The van der Waals surface area contributed by atoms with Crippen molar-refractivity contribution >= 4 is 35.0 Å². The topological polar surface area (TPSA) is 141 Å². The van der Waals surface area contributed by atoms with Gasteiger partial charge in [-0.2, -0.15) is 13.2 Å². The Hall–Kier alpha value is -4.78. The number of alkyl halides is 3. The van der Waals surface area contributed by atoms with Crippen LogP contribution in [0.15, 0.2) is 101 Å². The van der Waals surface area contributed by atoms with Crippen molar-refractivity contribution in [3.8, 4) is 5.75 Å². The highest BCUT2D eigenvalue weighted by atomic mass is 35.5. The average Bonchev–Trinajstić information content (AvgIpc) is 3.48. The van der Waals surface area contributed by atoms with Crippen molar-refractivity contribution in [2.24, 2.45) is 10.1 Å². The second-order valence-corrected chi connectivity index (χ2v) is 12.1. The van der Waals surface area contributed by atoms with Crippen LogP contribution >= 0.6 is 23.2 Å². The Balaban J connectivity index is 1.57. The van der Waals surface area contributed by atoms with Crippen LogP contribution in [0.5, 0.6) is 5.75 Å². The summed E-state index contributed by atoms with van der Waals surface area (Å²) in [6.45, 7) is 0.166. The van der Waals surface area contributed by atoms with Crippen LogP contribution in [-0.4, -0.2) is 35.7 Å². The van der Waals surface area contributed by atoms with Gasteiger partial charge in [-0.1, -0.05) is 76.8 Å². The van der Waals surface area contributed by atoms with Gasteiger partial charge in [0.15, 0.2) is 11.6 Å². The van der Waals surface area contributed by atoms with Gasteiger partial charge in [0.25, 0.3) is 5.91 Å². The van der Waals surface area contributed by atoms with E-state index in [0.29, 0.717) is 46.1 Å². The van der Waals surface area contributed by atoms with E-state index in [1.165, 1.54) is 18.2 Å². The number of carbonyl (C=O) groups is 1. The Morgan fingerprint density at radius 3 is 2.50 bits per heavy atom. The van der Waals surface area contributed by atoms with Gasteiger partial charge in [0, 0.05) is 52.1 Å². The predicted octanol–water partition coefficient (Wildman–Crippen LogP) is 7.90. The van der Waals surface area contributed by atoms with Gasteiger partial charge in [0.05, 0.1) is 18.7 Å². The van der Waals surface area contributed by atoms with Crippen molar-refractivity contribution < 1.29 is 32.5 Å². The number of hydrogen-bond acceptors (Lipinski definition) is 7. The zero-order valence-electron chi connectivity index (χ0n) is 26.3. The molecule has 2 atom stereocenters. The molecule has 0 saturated carbocycles. The van der Waals surface area contributed by atoms with Gasteiger partial charge in [-0.05, 0) is 64.7 Å². The molecule has 15 heteroatoms. The van der Waals surface area contributed by atoms with Gasteiger partial charge in [-0.25, -0.2) is 10.4 Å². The van der Waals surface area contributed by atoms with Crippen LogP contribution in [0.2, 0.25) is 10.0 Å². The summed E-state index contributed by atoms with van der Waals surface area (Å²) in [5.74, 6) is -0.00520. The number of aliphatic hydroxyl groups excluding tert-OH is 1. The highest BCUT2D eigenvalue weighted by Crippen LogP contribution is 2.45. The number of amides is 1. The molecule has 4 aromatic carbocycles. The lowest BCUT2D eigenvalue weighted by atomic mass is 9.81. The van der Waals surface area contributed by atoms with Crippen LogP contribution in [0.4, 0.5) is 13.2 Å². The molecule has 1 heterocycles. The molecule has 0 unspecified atom stereocenters. The molecule has 0 aromatic heterocycles. The lowest BCUT2D eigenvalue weighted by Crippen LogP contribution is -2.53. The summed E-state index contributed by atoms with van der Waals surface area (Å²) in [6.07, 6.45) is -5.25. The van der Waals surface area contributed by atoms with Gasteiger partial charge < -0.3 is 14.6 Å². The van der Waals surface area contributed by atoms with Gasteiger partial charge in [-0.15, -0.1) is 0 Å². The molecule has 4 aromatic rings. The molecular weight excluding hydrogens is 696 g/mol. The van der Waals surface area contributed by atoms with Gasteiger partial charge in [0.1, 0.15) is 5.75 Å². The van der Waals surface area contributed by atoms with E-state index in [-0.39, 0.29) is 42.6 Å². The number of nitrogens with one attached hydrogen (secondary N) is 2. The fourth-order valence-electron chi connectivity index (χ4n) is 5.45. The maximum absolute atomic E-state index is 14.5. The van der Waals surface area contributed by atoms with E-state index in [1.54, 1.807) is 60.7 Å². The minimum absolute atomic E-state index is 0.000290. The first-order valence-corrected chi connectivity index (χ1v) is 16.1.